The topological polar surface area (TPSA) is 69.5 Å². The lowest BCUT2D eigenvalue weighted by atomic mass is 9.80. The van der Waals surface area contributed by atoms with Crippen molar-refractivity contribution in [3.63, 3.8) is 0 Å². The summed E-state index contributed by atoms with van der Waals surface area (Å²) in [5.41, 5.74) is 6.45. The number of halogens is 3. The molecule has 1 amide bonds. The van der Waals surface area contributed by atoms with E-state index in [9.17, 15) is 13.6 Å². The number of carbonyl (C=O) groups is 1. The number of aryl methyl sites for hydroxylation is 1. The van der Waals surface area contributed by atoms with Crippen LogP contribution in [0.2, 0.25) is 0 Å². The van der Waals surface area contributed by atoms with E-state index in [1.807, 2.05) is 33.6 Å². The first kappa shape index (κ1) is 31.4. The first-order chi connectivity index (χ1) is 21.8. The summed E-state index contributed by atoms with van der Waals surface area (Å²) in [4.78, 5) is 24.1. The predicted octanol–water partition coefficient (Wildman–Crippen LogP) is 7.07. The molecule has 242 valence electrons. The van der Waals surface area contributed by atoms with Crippen LogP contribution in [0.5, 0.6) is 0 Å². The highest BCUT2D eigenvalue weighted by Crippen LogP contribution is 2.44. The number of aromatic nitrogens is 3. The van der Waals surface area contributed by atoms with E-state index in [2.05, 4.69) is 38.6 Å². The van der Waals surface area contributed by atoms with Gasteiger partial charge in [-0.15, -0.1) is 11.3 Å². The molecule has 1 aromatic carbocycles. The van der Waals surface area contributed by atoms with Gasteiger partial charge in [0.15, 0.2) is 5.82 Å². The monoisotopic (exact) mass is 749 g/mol. The van der Waals surface area contributed by atoms with Gasteiger partial charge in [-0.2, -0.15) is 5.10 Å². The van der Waals surface area contributed by atoms with Crippen molar-refractivity contribution >= 4 is 49.3 Å². The third-order valence-corrected chi connectivity index (χ3v) is 12.1. The van der Waals surface area contributed by atoms with Gasteiger partial charge in [0, 0.05) is 96.0 Å². The lowest BCUT2D eigenvalue weighted by molar-refractivity contribution is 0.0976. The normalized spacial score (nSPS) is 24.6. The van der Waals surface area contributed by atoms with Gasteiger partial charge in [-0.1, -0.05) is 13.8 Å². The summed E-state index contributed by atoms with van der Waals surface area (Å²) in [5.74, 6) is 2.93. The number of anilines is 2. The molecule has 2 aromatic heterocycles. The molecule has 2 unspecified atom stereocenters. The minimum absolute atomic E-state index is 0.0276. The van der Waals surface area contributed by atoms with Crippen molar-refractivity contribution in [2.45, 2.75) is 65.0 Å². The van der Waals surface area contributed by atoms with E-state index < -0.39 is 6.43 Å². The number of rotatable bonds is 6. The Hall–Kier alpha value is -2.16. The molecule has 0 spiro atoms. The maximum atomic E-state index is 14.5. The number of benzene rings is 1. The summed E-state index contributed by atoms with van der Waals surface area (Å²) >= 11 is 3.26. The Morgan fingerprint density at radius 2 is 1.89 bits per heavy atom. The highest BCUT2D eigenvalue weighted by molar-refractivity contribution is 14.1. The number of fused-ring (bicyclic) bond motifs is 2. The molecular weight excluding hydrogens is 707 g/mol. The molecule has 3 aromatic rings. The van der Waals surface area contributed by atoms with Crippen molar-refractivity contribution < 1.29 is 13.6 Å². The van der Waals surface area contributed by atoms with Crippen LogP contribution in [0.15, 0.2) is 23.8 Å². The Morgan fingerprint density at radius 1 is 1.11 bits per heavy atom. The van der Waals surface area contributed by atoms with Crippen LogP contribution in [0.3, 0.4) is 0 Å². The van der Waals surface area contributed by atoms with E-state index in [0.29, 0.717) is 43.1 Å². The second kappa shape index (κ2) is 13.2. The van der Waals surface area contributed by atoms with Crippen LogP contribution < -0.4 is 10.2 Å². The first-order valence-corrected chi connectivity index (χ1v) is 18.3. The fraction of sp³-hybridized carbons (Fsp3) is 0.606. The number of nitrogens with one attached hydrogen (secondary N) is 1. The van der Waals surface area contributed by atoms with Gasteiger partial charge in [-0.3, -0.25) is 14.5 Å². The molecule has 0 saturated carbocycles. The number of carbonyl (C=O) groups excluding carboxylic acids is 1. The third-order valence-electron chi connectivity index (χ3n) is 10.6. The van der Waals surface area contributed by atoms with E-state index in [1.165, 1.54) is 17.0 Å². The zero-order valence-electron chi connectivity index (χ0n) is 26.0. The van der Waals surface area contributed by atoms with Crippen molar-refractivity contribution in [2.24, 2.45) is 17.8 Å². The van der Waals surface area contributed by atoms with Gasteiger partial charge < -0.3 is 20.0 Å². The summed E-state index contributed by atoms with van der Waals surface area (Å²) in [6.07, 6.45) is 3.65. The van der Waals surface area contributed by atoms with E-state index in [1.54, 1.807) is 17.8 Å². The van der Waals surface area contributed by atoms with Gasteiger partial charge in [0.2, 0.25) is 0 Å². The molecule has 0 aliphatic carbocycles. The van der Waals surface area contributed by atoms with Gasteiger partial charge in [-0.25, -0.2) is 8.78 Å². The number of likely N-dealkylation sites (tertiary alicyclic amines) is 1. The van der Waals surface area contributed by atoms with Crippen molar-refractivity contribution in [2.75, 3.05) is 50.7 Å². The molecule has 0 bridgehead atoms. The quantitative estimate of drug-likeness (QED) is 0.165. The minimum Gasteiger partial charge on any atom is -0.329 e. The van der Waals surface area contributed by atoms with Crippen molar-refractivity contribution in [1.29, 1.82) is 0 Å². The summed E-state index contributed by atoms with van der Waals surface area (Å²) in [5, 5.41) is 8.90. The van der Waals surface area contributed by atoms with Gasteiger partial charge in [0.25, 0.3) is 10.3 Å². The largest absolute Gasteiger partial charge is 0.329 e. The SMILES string of the molecule is CC1CNCC(C)C1CN1CCC(n2nc(N3CCCc4cc(-c5cncs5)c(C(F)F)cc43)c3c2CCN(C(=O)I)C3)CC1. The van der Waals surface area contributed by atoms with Gasteiger partial charge in [0.05, 0.1) is 23.0 Å². The molecule has 7 rings (SSSR count). The number of nitrogens with zero attached hydrogens (tertiary/aromatic N) is 6. The van der Waals surface area contributed by atoms with Gasteiger partial charge in [-0.05, 0) is 74.2 Å². The highest BCUT2D eigenvalue weighted by Gasteiger charge is 2.36. The highest BCUT2D eigenvalue weighted by atomic mass is 127. The number of hydrogen-bond donors (Lipinski definition) is 1. The second-order valence-corrected chi connectivity index (χ2v) is 15.2. The number of piperidine rings is 2. The molecule has 2 fully saturated rings. The Labute approximate surface area is 281 Å². The average molecular weight is 750 g/mol. The molecule has 0 radical (unpaired) electrons. The standard InChI is InChI=1S/C33H42F2IN7OS/c1-20-14-37-15-21(2)26(20)17-40-9-5-23(6-10-40)43-28-7-11-41(33(36)44)18-27(28)32(39-43)42-8-3-4-22-12-24(30-16-38-19-45-30)25(31(34)35)13-29(22)42/h12-13,16,19-21,23,26,31,37H,3-11,14-15,17-18H2,1-2H3. The second-order valence-electron chi connectivity index (χ2n) is 13.4. The van der Waals surface area contributed by atoms with Crippen LogP contribution in [0.1, 0.15) is 68.0 Å². The Bertz CT molecular complexity index is 1510. The van der Waals surface area contributed by atoms with Crippen LogP contribution in [0.25, 0.3) is 10.4 Å². The van der Waals surface area contributed by atoms with Crippen LogP contribution in [0.4, 0.5) is 25.1 Å². The van der Waals surface area contributed by atoms with Crippen LogP contribution in [-0.2, 0) is 19.4 Å². The first-order valence-electron chi connectivity index (χ1n) is 16.4. The predicted molar refractivity (Wildman–Crippen MR) is 183 cm³/mol. The molecular formula is C33H42F2IN7OS. The van der Waals surface area contributed by atoms with Crippen molar-refractivity contribution in [3.8, 4) is 10.4 Å². The van der Waals surface area contributed by atoms with Crippen LogP contribution >= 0.6 is 33.9 Å². The minimum atomic E-state index is -2.60. The Morgan fingerprint density at radius 3 is 2.58 bits per heavy atom. The number of thiazole rings is 1. The summed E-state index contributed by atoms with van der Waals surface area (Å²) in [6.45, 7) is 12.1. The molecule has 12 heteroatoms. The summed E-state index contributed by atoms with van der Waals surface area (Å²) < 4.78 is 31.3. The smallest absolute Gasteiger partial charge is 0.283 e. The molecule has 4 aliphatic rings. The van der Waals surface area contributed by atoms with Gasteiger partial charge >= 0.3 is 0 Å². The number of amides is 1. The lowest BCUT2D eigenvalue weighted by Crippen LogP contribution is -2.47. The molecule has 6 heterocycles. The maximum absolute atomic E-state index is 14.5. The summed E-state index contributed by atoms with van der Waals surface area (Å²) in [6, 6.07) is 3.92. The molecule has 45 heavy (non-hydrogen) atoms. The lowest BCUT2D eigenvalue weighted by Gasteiger charge is -2.41. The van der Waals surface area contributed by atoms with E-state index in [-0.39, 0.29) is 9.48 Å². The average Bonchev–Trinajstić information content (AvgIpc) is 3.71. The Balaban J connectivity index is 1.20. The molecule has 4 aliphatic heterocycles. The number of alkyl halides is 2. The summed E-state index contributed by atoms with van der Waals surface area (Å²) in [7, 11) is 0. The van der Waals surface area contributed by atoms with Crippen LogP contribution in [0, 0.1) is 17.8 Å². The van der Waals surface area contributed by atoms with Gasteiger partial charge in [0.1, 0.15) is 0 Å². The molecule has 2 atom stereocenters. The van der Waals surface area contributed by atoms with Crippen molar-refractivity contribution in [3.05, 3.63) is 46.2 Å². The molecule has 8 nitrogen and oxygen atoms in total. The maximum Gasteiger partial charge on any atom is 0.283 e. The Kier molecular flexibility index (Phi) is 9.19. The van der Waals surface area contributed by atoms with Crippen LogP contribution in [-0.4, -0.2) is 74.3 Å². The van der Waals surface area contributed by atoms with Crippen molar-refractivity contribution in [1.82, 2.24) is 29.9 Å². The van der Waals surface area contributed by atoms with E-state index in [0.717, 1.165) is 98.3 Å². The zero-order valence-corrected chi connectivity index (χ0v) is 29.0. The number of hydrogen-bond acceptors (Lipinski definition) is 7. The molecule has 2 saturated heterocycles. The zero-order chi connectivity index (χ0) is 31.2. The molecule has 1 N–H and O–H groups in total. The fourth-order valence-electron chi connectivity index (χ4n) is 8.12. The fourth-order valence-corrected chi connectivity index (χ4v) is 9.19. The van der Waals surface area contributed by atoms with E-state index >= 15 is 0 Å². The third kappa shape index (κ3) is 6.16. The van der Waals surface area contributed by atoms with E-state index in [4.69, 9.17) is 5.10 Å².